The molecule has 1 N–H and O–H groups in total. The summed E-state index contributed by atoms with van der Waals surface area (Å²) in [6, 6.07) is 0. The smallest absolute Gasteiger partial charge is 0.222 e. The third kappa shape index (κ3) is 10.7. The van der Waals surface area contributed by atoms with Crippen LogP contribution in [0.15, 0.2) is 0 Å². The van der Waals surface area contributed by atoms with Crippen LogP contribution in [0.3, 0.4) is 0 Å². The Morgan fingerprint density at radius 1 is 1.17 bits per heavy atom. The summed E-state index contributed by atoms with van der Waals surface area (Å²) in [6.07, 6.45) is 1.04. The quantitative estimate of drug-likeness (QED) is 0.617. The lowest BCUT2D eigenvalue weighted by Crippen LogP contribution is -2.31. The maximum absolute atomic E-state index is 11.6. The van der Waals surface area contributed by atoms with Crippen molar-refractivity contribution in [1.82, 2.24) is 5.32 Å². The van der Waals surface area contributed by atoms with Crippen molar-refractivity contribution >= 4 is 16.7 Å². The molecule has 0 aromatic carbocycles. The third-order valence-electron chi connectivity index (χ3n) is 2.45. The maximum atomic E-state index is 11.6. The molecule has 5 heteroatoms. The van der Waals surface area contributed by atoms with Crippen molar-refractivity contribution in [3.05, 3.63) is 0 Å². The van der Waals surface area contributed by atoms with Gasteiger partial charge in [0.1, 0.15) is 0 Å². The molecule has 1 unspecified atom stereocenters. The molecule has 0 aromatic heterocycles. The summed E-state index contributed by atoms with van der Waals surface area (Å²) in [5.41, 5.74) is 0. The van der Waals surface area contributed by atoms with E-state index in [2.05, 4.69) is 19.2 Å². The molecule has 4 nitrogen and oxygen atoms in total. The van der Waals surface area contributed by atoms with Gasteiger partial charge < -0.3 is 10.1 Å². The number of hydrogen-bond donors (Lipinski definition) is 1. The Labute approximate surface area is 113 Å². The van der Waals surface area contributed by atoms with Gasteiger partial charge in [0.2, 0.25) is 5.91 Å². The molecule has 0 aromatic rings. The summed E-state index contributed by atoms with van der Waals surface area (Å²) in [5.74, 6) is 1.70. The van der Waals surface area contributed by atoms with Crippen molar-refractivity contribution in [3.63, 3.8) is 0 Å². The lowest BCUT2D eigenvalue weighted by atomic mass is 10.1. The average Bonchev–Trinajstić information content (AvgIpc) is 2.27. The Hall–Kier alpha value is -0.420. The van der Waals surface area contributed by atoms with E-state index in [1.165, 1.54) is 0 Å². The summed E-state index contributed by atoms with van der Waals surface area (Å²) < 4.78 is 17.0. The molecule has 0 spiro atoms. The van der Waals surface area contributed by atoms with Crippen molar-refractivity contribution < 1.29 is 13.7 Å². The number of rotatable bonds is 10. The number of carbonyl (C=O) groups is 1. The molecule has 1 amide bonds. The van der Waals surface area contributed by atoms with Crippen LogP contribution >= 0.6 is 0 Å². The van der Waals surface area contributed by atoms with Gasteiger partial charge in [-0.3, -0.25) is 9.00 Å². The number of amides is 1. The Kier molecular flexibility index (Phi) is 10.3. The van der Waals surface area contributed by atoms with E-state index in [0.717, 1.165) is 13.0 Å². The number of ether oxygens (including phenoxy) is 1. The molecule has 0 saturated carbocycles. The van der Waals surface area contributed by atoms with E-state index in [9.17, 15) is 9.00 Å². The van der Waals surface area contributed by atoms with Gasteiger partial charge in [0, 0.05) is 41.4 Å². The van der Waals surface area contributed by atoms with Crippen molar-refractivity contribution in [2.75, 3.05) is 31.3 Å². The van der Waals surface area contributed by atoms with Crippen LogP contribution < -0.4 is 5.32 Å². The molecule has 0 fully saturated rings. The van der Waals surface area contributed by atoms with Crippen molar-refractivity contribution in [1.29, 1.82) is 0 Å². The van der Waals surface area contributed by atoms with Gasteiger partial charge in [-0.05, 0) is 12.3 Å². The third-order valence-corrected chi connectivity index (χ3v) is 3.73. The lowest BCUT2D eigenvalue weighted by Gasteiger charge is -2.08. The topological polar surface area (TPSA) is 55.4 Å². The van der Waals surface area contributed by atoms with Gasteiger partial charge >= 0.3 is 0 Å². The molecule has 0 radical (unpaired) electrons. The van der Waals surface area contributed by atoms with E-state index in [0.29, 0.717) is 30.6 Å². The summed E-state index contributed by atoms with van der Waals surface area (Å²) in [6.45, 7) is 9.74. The fourth-order valence-corrected chi connectivity index (χ4v) is 2.00. The lowest BCUT2D eigenvalue weighted by molar-refractivity contribution is -0.123. The highest BCUT2D eigenvalue weighted by Crippen LogP contribution is 1.98. The fourth-order valence-electron chi connectivity index (χ4n) is 1.17. The molecule has 0 aliphatic heterocycles. The predicted octanol–water partition coefficient (Wildman–Crippen LogP) is 1.57. The van der Waals surface area contributed by atoms with E-state index in [-0.39, 0.29) is 11.8 Å². The van der Waals surface area contributed by atoms with E-state index in [1.54, 1.807) is 0 Å². The second-order valence-electron chi connectivity index (χ2n) is 5.09. The first-order valence-corrected chi connectivity index (χ1v) is 8.12. The van der Waals surface area contributed by atoms with Crippen LogP contribution in [0, 0.1) is 11.8 Å². The van der Waals surface area contributed by atoms with E-state index < -0.39 is 10.8 Å². The zero-order valence-electron chi connectivity index (χ0n) is 12.0. The van der Waals surface area contributed by atoms with Gasteiger partial charge in [0.05, 0.1) is 6.61 Å². The van der Waals surface area contributed by atoms with Crippen LogP contribution in [0.1, 0.15) is 34.1 Å². The normalized spacial score (nSPS) is 13.0. The standard InChI is InChI=1S/C13H27NO3S/c1-11(2)5-7-17-8-10-18(16)9-6-14-13(15)12(3)4/h11-12H,5-10H2,1-4H3,(H,14,15). The monoisotopic (exact) mass is 277 g/mol. The Morgan fingerprint density at radius 2 is 1.83 bits per heavy atom. The van der Waals surface area contributed by atoms with Gasteiger partial charge in [0.15, 0.2) is 0 Å². The second kappa shape index (κ2) is 10.5. The Balaban J connectivity index is 3.41. The average molecular weight is 277 g/mol. The number of hydrogen-bond acceptors (Lipinski definition) is 3. The maximum Gasteiger partial charge on any atom is 0.222 e. The molecular formula is C13H27NO3S. The van der Waals surface area contributed by atoms with Crippen LogP contribution in [0.4, 0.5) is 0 Å². The van der Waals surface area contributed by atoms with Gasteiger partial charge in [-0.25, -0.2) is 0 Å². The molecule has 0 rings (SSSR count). The van der Waals surface area contributed by atoms with Gasteiger partial charge in [-0.2, -0.15) is 0 Å². The second-order valence-corrected chi connectivity index (χ2v) is 6.78. The molecule has 0 heterocycles. The Bertz CT molecular complexity index is 255. The van der Waals surface area contributed by atoms with Crippen LogP contribution in [-0.2, 0) is 20.3 Å². The van der Waals surface area contributed by atoms with Gasteiger partial charge in [-0.1, -0.05) is 27.7 Å². The minimum atomic E-state index is -0.904. The van der Waals surface area contributed by atoms with Crippen LogP contribution in [0.2, 0.25) is 0 Å². The molecule has 0 saturated heterocycles. The minimum Gasteiger partial charge on any atom is -0.380 e. The van der Waals surface area contributed by atoms with Crippen LogP contribution in [0.5, 0.6) is 0 Å². The molecule has 0 aliphatic carbocycles. The highest BCUT2D eigenvalue weighted by Gasteiger charge is 2.06. The summed E-state index contributed by atoms with van der Waals surface area (Å²) in [5, 5.41) is 2.76. The predicted molar refractivity (Wildman–Crippen MR) is 76.0 cm³/mol. The van der Waals surface area contributed by atoms with Crippen molar-refractivity contribution in [2.24, 2.45) is 11.8 Å². The van der Waals surface area contributed by atoms with E-state index in [1.807, 2.05) is 13.8 Å². The zero-order valence-corrected chi connectivity index (χ0v) is 12.8. The summed E-state index contributed by atoms with van der Waals surface area (Å²) >= 11 is 0. The molecule has 0 bridgehead atoms. The largest absolute Gasteiger partial charge is 0.380 e. The van der Waals surface area contributed by atoms with Crippen molar-refractivity contribution in [2.45, 2.75) is 34.1 Å². The summed E-state index contributed by atoms with van der Waals surface area (Å²) in [4.78, 5) is 11.3. The van der Waals surface area contributed by atoms with Crippen LogP contribution in [0.25, 0.3) is 0 Å². The highest BCUT2D eigenvalue weighted by atomic mass is 32.2. The van der Waals surface area contributed by atoms with Gasteiger partial charge in [0.25, 0.3) is 0 Å². The molecular weight excluding hydrogens is 250 g/mol. The molecule has 18 heavy (non-hydrogen) atoms. The van der Waals surface area contributed by atoms with Crippen LogP contribution in [-0.4, -0.2) is 41.4 Å². The molecule has 0 aliphatic rings. The first-order chi connectivity index (χ1) is 8.43. The van der Waals surface area contributed by atoms with Crippen molar-refractivity contribution in [3.8, 4) is 0 Å². The van der Waals surface area contributed by atoms with E-state index >= 15 is 0 Å². The molecule has 1 atom stereocenters. The first-order valence-electron chi connectivity index (χ1n) is 6.64. The Morgan fingerprint density at radius 3 is 2.39 bits per heavy atom. The fraction of sp³-hybridized carbons (Fsp3) is 0.923. The number of carbonyl (C=O) groups excluding carboxylic acids is 1. The minimum absolute atomic E-state index is 0.0141. The molecule has 108 valence electrons. The first kappa shape index (κ1) is 17.6. The SMILES string of the molecule is CC(C)CCOCCS(=O)CCNC(=O)C(C)C. The van der Waals surface area contributed by atoms with E-state index in [4.69, 9.17) is 4.74 Å². The number of nitrogens with one attached hydrogen (secondary N) is 1. The highest BCUT2D eigenvalue weighted by molar-refractivity contribution is 7.85. The summed E-state index contributed by atoms with van der Waals surface area (Å²) in [7, 11) is -0.904. The zero-order chi connectivity index (χ0) is 14.0. The van der Waals surface area contributed by atoms with Gasteiger partial charge in [-0.15, -0.1) is 0 Å².